The Hall–Kier alpha value is -2.11. The number of hydrogen-bond acceptors (Lipinski definition) is 5. The predicted octanol–water partition coefficient (Wildman–Crippen LogP) is 4.30. The van der Waals surface area contributed by atoms with Gasteiger partial charge < -0.3 is 10.6 Å². The molecule has 0 saturated heterocycles. The predicted molar refractivity (Wildman–Crippen MR) is 95.2 cm³/mol. The Bertz CT molecular complexity index is 584. The van der Waals surface area contributed by atoms with Crippen molar-refractivity contribution in [3.63, 3.8) is 0 Å². The van der Waals surface area contributed by atoms with E-state index in [1.54, 1.807) is 13.2 Å². The van der Waals surface area contributed by atoms with Crippen LogP contribution in [0, 0.1) is 5.92 Å². The van der Waals surface area contributed by atoms with Crippen molar-refractivity contribution in [2.75, 3.05) is 17.7 Å². The smallest absolute Gasteiger partial charge is 0.224 e. The second-order valence-corrected chi connectivity index (χ2v) is 6.56. The number of rotatable bonds is 4. The Kier molecular flexibility index (Phi) is 6.38. The van der Waals surface area contributed by atoms with Gasteiger partial charge in [-0.1, -0.05) is 33.6 Å². The van der Waals surface area contributed by atoms with Crippen LogP contribution in [0.25, 0.3) is 0 Å². The number of aromatic amines is 1. The summed E-state index contributed by atoms with van der Waals surface area (Å²) in [5, 5.41) is 13.5. The molecule has 1 aliphatic carbocycles. The fourth-order valence-electron chi connectivity index (χ4n) is 2.53. The third kappa shape index (κ3) is 5.54. The molecule has 0 aromatic carbocycles. The summed E-state index contributed by atoms with van der Waals surface area (Å²) in [6.45, 7) is 6.50. The molecule has 0 amide bonds. The van der Waals surface area contributed by atoms with Crippen LogP contribution in [0.5, 0.6) is 0 Å². The van der Waals surface area contributed by atoms with E-state index in [0.29, 0.717) is 11.9 Å². The van der Waals surface area contributed by atoms with Crippen LogP contribution >= 0.6 is 0 Å². The quantitative estimate of drug-likeness (QED) is 0.783. The molecule has 0 spiro atoms. The Balaban J connectivity index is 0.000000433. The van der Waals surface area contributed by atoms with Crippen LogP contribution in [0.15, 0.2) is 18.3 Å². The summed E-state index contributed by atoms with van der Waals surface area (Å²) >= 11 is 0. The first-order valence-corrected chi connectivity index (χ1v) is 8.41. The lowest BCUT2D eigenvalue weighted by atomic mass is 10.0. The average molecular weight is 316 g/mol. The second-order valence-electron chi connectivity index (χ2n) is 6.56. The van der Waals surface area contributed by atoms with Crippen LogP contribution in [-0.4, -0.2) is 27.2 Å². The number of aromatic nitrogens is 4. The summed E-state index contributed by atoms with van der Waals surface area (Å²) in [5.41, 5.74) is 1.22. The van der Waals surface area contributed by atoms with Crippen molar-refractivity contribution in [2.45, 2.75) is 52.4 Å². The van der Waals surface area contributed by atoms with E-state index in [1.165, 1.54) is 31.4 Å². The van der Waals surface area contributed by atoms with Gasteiger partial charge in [-0.3, -0.25) is 5.10 Å². The third-order valence-electron chi connectivity index (χ3n) is 3.53. The Morgan fingerprint density at radius 2 is 1.87 bits per heavy atom. The van der Waals surface area contributed by atoms with Gasteiger partial charge in [0.15, 0.2) is 5.82 Å². The van der Waals surface area contributed by atoms with E-state index in [2.05, 4.69) is 57.6 Å². The van der Waals surface area contributed by atoms with Crippen molar-refractivity contribution in [2.24, 2.45) is 5.92 Å². The van der Waals surface area contributed by atoms with Gasteiger partial charge in [0, 0.05) is 30.9 Å². The van der Waals surface area contributed by atoms with Crippen LogP contribution in [-0.2, 0) is 0 Å². The fourth-order valence-corrected chi connectivity index (χ4v) is 2.53. The highest BCUT2D eigenvalue weighted by Gasteiger charge is 2.19. The molecule has 2 heterocycles. The van der Waals surface area contributed by atoms with Gasteiger partial charge in [-0.25, -0.2) is 4.98 Å². The molecule has 6 nitrogen and oxygen atoms in total. The van der Waals surface area contributed by atoms with Gasteiger partial charge in [0.1, 0.15) is 5.82 Å². The number of nitrogens with zero attached hydrogens (tertiary/aromatic N) is 3. The van der Waals surface area contributed by atoms with Crippen molar-refractivity contribution >= 4 is 17.6 Å². The molecule has 2 aromatic heterocycles. The van der Waals surface area contributed by atoms with E-state index < -0.39 is 0 Å². The van der Waals surface area contributed by atoms with Crippen LogP contribution in [0.2, 0.25) is 0 Å². The third-order valence-corrected chi connectivity index (χ3v) is 3.53. The van der Waals surface area contributed by atoms with Crippen molar-refractivity contribution in [3.05, 3.63) is 24.0 Å². The molecule has 2 aromatic rings. The molecule has 126 valence electrons. The van der Waals surface area contributed by atoms with Gasteiger partial charge in [-0.05, 0) is 24.8 Å². The van der Waals surface area contributed by atoms with Crippen molar-refractivity contribution in [3.8, 4) is 0 Å². The van der Waals surface area contributed by atoms with Crippen LogP contribution in [0.1, 0.15) is 58.1 Å². The minimum Gasteiger partial charge on any atom is -0.357 e. The van der Waals surface area contributed by atoms with Crippen molar-refractivity contribution in [1.29, 1.82) is 0 Å². The molecule has 6 heteroatoms. The summed E-state index contributed by atoms with van der Waals surface area (Å²) in [7, 11) is 1.80. The van der Waals surface area contributed by atoms with E-state index in [4.69, 9.17) is 0 Å². The molecule has 0 bridgehead atoms. The summed E-state index contributed by atoms with van der Waals surface area (Å²) < 4.78 is 0. The second kappa shape index (κ2) is 8.50. The maximum atomic E-state index is 4.31. The topological polar surface area (TPSA) is 78.5 Å². The molecule has 0 radical (unpaired) electrons. The maximum absolute atomic E-state index is 4.31. The van der Waals surface area contributed by atoms with Gasteiger partial charge in [-0.2, -0.15) is 10.1 Å². The number of nitrogens with one attached hydrogen (secondary N) is 3. The molecule has 1 aliphatic rings. The summed E-state index contributed by atoms with van der Waals surface area (Å²) in [5.74, 6) is 3.62. The largest absolute Gasteiger partial charge is 0.357 e. The Labute approximate surface area is 138 Å². The van der Waals surface area contributed by atoms with Crippen LogP contribution in [0.3, 0.4) is 0 Å². The number of H-pyrrole nitrogens is 1. The first-order chi connectivity index (χ1) is 11.1. The molecule has 0 unspecified atom stereocenters. The summed E-state index contributed by atoms with van der Waals surface area (Å²) in [4.78, 5) is 8.38. The SMILES string of the molecule is CC(C)C.CNc1nccc(Nc2cc(C3CCCC3)[nH]n2)n1. The van der Waals surface area contributed by atoms with E-state index >= 15 is 0 Å². The molecule has 23 heavy (non-hydrogen) atoms. The molecular formula is C17H28N6. The highest BCUT2D eigenvalue weighted by atomic mass is 15.2. The molecule has 1 fully saturated rings. The Morgan fingerprint density at radius 1 is 1.17 bits per heavy atom. The lowest BCUT2D eigenvalue weighted by Crippen LogP contribution is -1.99. The molecule has 0 atom stereocenters. The zero-order chi connectivity index (χ0) is 16.7. The number of hydrogen-bond donors (Lipinski definition) is 3. The molecule has 1 saturated carbocycles. The monoisotopic (exact) mass is 316 g/mol. The van der Waals surface area contributed by atoms with E-state index in [0.717, 1.165) is 17.6 Å². The lowest BCUT2D eigenvalue weighted by Gasteiger charge is -2.04. The van der Waals surface area contributed by atoms with E-state index in [-0.39, 0.29) is 0 Å². The highest BCUT2D eigenvalue weighted by Crippen LogP contribution is 2.33. The van der Waals surface area contributed by atoms with Crippen molar-refractivity contribution in [1.82, 2.24) is 20.2 Å². The normalized spacial score (nSPS) is 14.5. The standard InChI is InChI=1S/C13H18N6.C4H10/c1-14-13-15-7-6-11(17-13)16-12-8-10(18-19-12)9-4-2-3-5-9;1-4(2)3/h6-9H,2-5H2,1H3,(H3,14,15,16,17,18,19);4H,1-3H3. The van der Waals surface area contributed by atoms with Gasteiger partial charge >= 0.3 is 0 Å². The Morgan fingerprint density at radius 3 is 2.52 bits per heavy atom. The van der Waals surface area contributed by atoms with E-state index in [9.17, 15) is 0 Å². The minimum atomic E-state index is 0.594. The summed E-state index contributed by atoms with van der Waals surface area (Å²) in [6.07, 6.45) is 6.89. The number of anilines is 3. The molecule has 3 rings (SSSR count). The molecule has 0 aliphatic heterocycles. The van der Waals surface area contributed by atoms with Crippen LogP contribution < -0.4 is 10.6 Å². The molecular weight excluding hydrogens is 288 g/mol. The maximum Gasteiger partial charge on any atom is 0.224 e. The highest BCUT2D eigenvalue weighted by molar-refractivity contribution is 5.53. The lowest BCUT2D eigenvalue weighted by molar-refractivity contribution is 0.693. The van der Waals surface area contributed by atoms with E-state index in [1.807, 2.05) is 6.07 Å². The molecule has 3 N–H and O–H groups in total. The minimum absolute atomic E-state index is 0.594. The van der Waals surface area contributed by atoms with Crippen LogP contribution in [0.4, 0.5) is 17.6 Å². The fraction of sp³-hybridized carbons (Fsp3) is 0.588. The first kappa shape index (κ1) is 17.2. The average Bonchev–Trinajstić information content (AvgIpc) is 3.17. The first-order valence-electron chi connectivity index (χ1n) is 8.41. The zero-order valence-corrected chi connectivity index (χ0v) is 14.6. The van der Waals surface area contributed by atoms with Gasteiger partial charge in [0.25, 0.3) is 0 Å². The zero-order valence-electron chi connectivity index (χ0n) is 14.6. The van der Waals surface area contributed by atoms with Gasteiger partial charge in [-0.15, -0.1) is 0 Å². The van der Waals surface area contributed by atoms with Crippen molar-refractivity contribution < 1.29 is 0 Å². The van der Waals surface area contributed by atoms with Gasteiger partial charge in [0.05, 0.1) is 0 Å². The summed E-state index contributed by atoms with van der Waals surface area (Å²) in [6, 6.07) is 3.90. The van der Waals surface area contributed by atoms with Gasteiger partial charge in [0.2, 0.25) is 5.95 Å².